The molecule has 0 spiro atoms. The largest absolute Gasteiger partial charge is 0.444 e. The van der Waals surface area contributed by atoms with Crippen LogP contribution in [0.15, 0.2) is 73.8 Å². The predicted molar refractivity (Wildman–Crippen MR) is 316 cm³/mol. The SMILES string of the molecule is CC(C)(C)OC(=O)N1CCN(c2ccncc2N)CC1.CC(C)(C)OC(=O)NC1CCN(c2ccncc2N)CC1.CC(C)(C)OC(=O)NCC1CN(c2ccncc2N)CCO1.COCCN1CCN(c2ccncc2N)CC1. The number of carbonyl (C=O) groups excluding carboxylic acids is 3. The van der Waals surface area contributed by atoms with Gasteiger partial charge in [-0.2, -0.15) is 0 Å². The summed E-state index contributed by atoms with van der Waals surface area (Å²) in [6, 6.07) is 7.85. The average molecular weight is 1120 g/mol. The van der Waals surface area contributed by atoms with E-state index in [1.165, 1.54) is 0 Å². The zero-order valence-corrected chi connectivity index (χ0v) is 48.9. The van der Waals surface area contributed by atoms with E-state index < -0.39 is 22.9 Å². The molecular weight excluding hydrogens is 1020 g/mol. The quantitative estimate of drug-likeness (QED) is 0.104. The van der Waals surface area contributed by atoms with Crippen LogP contribution >= 0.6 is 0 Å². The second kappa shape index (κ2) is 30.3. The number of ether oxygens (including phenoxy) is 5. The zero-order chi connectivity index (χ0) is 58.5. The highest BCUT2D eigenvalue weighted by atomic mass is 16.6. The summed E-state index contributed by atoms with van der Waals surface area (Å²) in [5, 5.41) is 5.67. The van der Waals surface area contributed by atoms with E-state index in [0.29, 0.717) is 49.8 Å². The lowest BCUT2D eigenvalue weighted by molar-refractivity contribution is 0.0239. The molecule has 0 bridgehead atoms. The van der Waals surface area contributed by atoms with Crippen molar-refractivity contribution >= 4 is 63.8 Å². The van der Waals surface area contributed by atoms with Gasteiger partial charge in [0.25, 0.3) is 0 Å². The fourth-order valence-electron chi connectivity index (χ4n) is 8.95. The molecule has 10 N–H and O–H groups in total. The standard InChI is InChI=1S/C15H24N4O3.C15H24N4O2.C14H22N4O2.C12H20N4O/c1-15(2,3)22-14(20)18-8-11-10-19(6-7-21-11)13-4-5-17-9-12(13)16;1-15(2,3)21-14(20)18-11-5-8-19(9-6-11)13-4-7-17-10-12(13)16;1-14(2,3)20-13(19)18-8-6-17(7-9-18)12-4-5-16-10-11(12)15;1-17-9-8-15-4-6-16(7-5-15)12-2-3-14-10-11(12)13/h4-5,9,11H,6-8,10,16H2,1-3H3,(H,18,20);4,7,10-11H,5-6,8-9,16H2,1-3H3,(H,18,20);4-5,10H,6-9,15H2,1-3H3;2-3,10H,4-9,13H2,1H3. The monoisotopic (exact) mass is 1110 g/mol. The molecule has 4 fully saturated rings. The first-order chi connectivity index (χ1) is 37.9. The molecule has 4 saturated heterocycles. The summed E-state index contributed by atoms with van der Waals surface area (Å²) in [6.45, 7) is 29.5. The van der Waals surface area contributed by atoms with Crippen molar-refractivity contribution in [3.63, 3.8) is 0 Å². The fourth-order valence-corrected chi connectivity index (χ4v) is 8.95. The Kier molecular flexibility index (Phi) is 24.1. The fraction of sp³-hybridized carbons (Fsp3) is 0.589. The van der Waals surface area contributed by atoms with Crippen molar-refractivity contribution in [3.05, 3.63) is 73.8 Å². The number of piperazine rings is 2. The third-order valence-corrected chi connectivity index (χ3v) is 12.8. The molecule has 4 aromatic heterocycles. The second-order valence-electron chi connectivity index (χ2n) is 22.7. The number of hydrogen-bond acceptors (Lipinski definition) is 21. The van der Waals surface area contributed by atoms with Crippen LogP contribution in [-0.4, -0.2) is 189 Å². The van der Waals surface area contributed by atoms with Crippen LogP contribution in [0.3, 0.4) is 0 Å². The molecule has 3 amide bonds. The van der Waals surface area contributed by atoms with Crippen LogP contribution in [0.25, 0.3) is 0 Å². The Morgan fingerprint density at radius 1 is 0.562 bits per heavy atom. The predicted octanol–water partition coefficient (Wildman–Crippen LogP) is 5.70. The van der Waals surface area contributed by atoms with Crippen molar-refractivity contribution in [1.29, 1.82) is 0 Å². The van der Waals surface area contributed by atoms with Gasteiger partial charge in [0.15, 0.2) is 0 Å². The summed E-state index contributed by atoms with van der Waals surface area (Å²) in [4.78, 5) is 64.4. The van der Waals surface area contributed by atoms with Gasteiger partial charge in [-0.1, -0.05) is 0 Å². The van der Waals surface area contributed by atoms with Crippen molar-refractivity contribution < 1.29 is 38.1 Å². The minimum absolute atomic E-state index is 0.103. The van der Waals surface area contributed by atoms with Crippen LogP contribution in [0.5, 0.6) is 0 Å². The van der Waals surface area contributed by atoms with Crippen LogP contribution in [-0.2, 0) is 23.7 Å². The molecular formula is C56H90N16O8. The van der Waals surface area contributed by atoms with Crippen molar-refractivity contribution in [2.45, 2.75) is 104 Å². The molecule has 1 unspecified atom stereocenters. The number of rotatable bonds is 10. The minimum Gasteiger partial charge on any atom is -0.444 e. The summed E-state index contributed by atoms with van der Waals surface area (Å²) in [6.07, 6.45) is 14.3. The number of aromatic nitrogens is 4. The molecule has 0 radical (unpaired) electrons. The lowest BCUT2D eigenvalue weighted by Gasteiger charge is -2.37. The number of nitrogens with zero attached hydrogens (tertiary/aromatic N) is 10. The molecule has 0 saturated carbocycles. The van der Waals surface area contributed by atoms with Crippen LogP contribution < -0.4 is 53.2 Å². The second-order valence-corrected chi connectivity index (χ2v) is 22.7. The Morgan fingerprint density at radius 3 is 1.40 bits per heavy atom. The van der Waals surface area contributed by atoms with Gasteiger partial charge in [0.05, 0.1) is 89.6 Å². The van der Waals surface area contributed by atoms with Gasteiger partial charge >= 0.3 is 18.3 Å². The Hall–Kier alpha value is -7.31. The van der Waals surface area contributed by atoms with E-state index in [-0.39, 0.29) is 24.3 Å². The molecule has 80 heavy (non-hydrogen) atoms. The summed E-state index contributed by atoms with van der Waals surface area (Å²) in [5.74, 6) is 0. The van der Waals surface area contributed by atoms with Crippen molar-refractivity contribution in [1.82, 2.24) is 40.4 Å². The van der Waals surface area contributed by atoms with Gasteiger partial charge in [-0.3, -0.25) is 24.8 Å². The number of nitrogen functional groups attached to an aromatic ring is 4. The molecule has 4 aromatic rings. The van der Waals surface area contributed by atoms with Crippen LogP contribution in [0.2, 0.25) is 0 Å². The minimum atomic E-state index is -0.505. The Morgan fingerprint density at radius 2 is 0.975 bits per heavy atom. The van der Waals surface area contributed by atoms with Gasteiger partial charge in [0, 0.05) is 130 Å². The van der Waals surface area contributed by atoms with Gasteiger partial charge in [-0.25, -0.2) is 14.4 Å². The number of nitrogens with two attached hydrogens (primary N) is 4. The van der Waals surface area contributed by atoms with E-state index in [2.05, 4.69) is 55.1 Å². The highest BCUT2D eigenvalue weighted by Gasteiger charge is 2.28. The first-order valence-corrected chi connectivity index (χ1v) is 27.4. The normalized spacial score (nSPS) is 17.3. The summed E-state index contributed by atoms with van der Waals surface area (Å²) in [5.41, 5.74) is 29.1. The Bertz CT molecular complexity index is 2520. The Labute approximate surface area is 473 Å². The molecule has 8 heterocycles. The summed E-state index contributed by atoms with van der Waals surface area (Å²) < 4.78 is 26.6. The van der Waals surface area contributed by atoms with E-state index in [0.717, 1.165) is 113 Å². The highest BCUT2D eigenvalue weighted by Crippen LogP contribution is 2.27. The molecule has 1 atom stereocenters. The van der Waals surface area contributed by atoms with Gasteiger partial charge in [0.2, 0.25) is 0 Å². The van der Waals surface area contributed by atoms with Gasteiger partial charge in [-0.15, -0.1) is 0 Å². The molecule has 4 aliphatic rings. The van der Waals surface area contributed by atoms with Gasteiger partial charge < -0.3 is 81.8 Å². The van der Waals surface area contributed by atoms with Gasteiger partial charge in [0.1, 0.15) is 16.8 Å². The number of hydrogen-bond donors (Lipinski definition) is 6. The van der Waals surface area contributed by atoms with E-state index in [1.807, 2.05) is 86.6 Å². The van der Waals surface area contributed by atoms with E-state index in [4.69, 9.17) is 46.6 Å². The lowest BCUT2D eigenvalue weighted by Crippen LogP contribution is -2.50. The zero-order valence-electron chi connectivity index (χ0n) is 48.9. The van der Waals surface area contributed by atoms with Crippen molar-refractivity contribution in [2.24, 2.45) is 0 Å². The smallest absolute Gasteiger partial charge is 0.410 e. The molecule has 24 nitrogen and oxygen atoms in total. The maximum Gasteiger partial charge on any atom is 0.410 e. The summed E-state index contributed by atoms with van der Waals surface area (Å²) in [7, 11) is 1.74. The van der Waals surface area contributed by atoms with Crippen LogP contribution in [0.4, 0.5) is 59.9 Å². The number of amides is 3. The number of anilines is 8. The number of morpholine rings is 1. The third kappa shape index (κ3) is 22.1. The van der Waals surface area contributed by atoms with E-state index in [9.17, 15) is 14.4 Å². The molecule has 8 rings (SSSR count). The first-order valence-electron chi connectivity index (χ1n) is 27.4. The van der Waals surface area contributed by atoms with Gasteiger partial charge in [-0.05, 0) is 99.4 Å². The maximum absolute atomic E-state index is 12.0. The first kappa shape index (κ1) is 63.5. The van der Waals surface area contributed by atoms with Crippen molar-refractivity contribution in [3.8, 4) is 0 Å². The highest BCUT2D eigenvalue weighted by molar-refractivity contribution is 5.71. The molecule has 24 heteroatoms. The lowest BCUT2D eigenvalue weighted by atomic mass is 10.0. The molecule has 0 aliphatic carbocycles. The van der Waals surface area contributed by atoms with Crippen molar-refractivity contribution in [2.75, 3.05) is 154 Å². The summed E-state index contributed by atoms with van der Waals surface area (Å²) >= 11 is 0. The molecule has 4 aliphatic heterocycles. The number of alkyl carbamates (subject to hydrolysis) is 2. The molecule has 442 valence electrons. The average Bonchev–Trinajstić information content (AvgIpc) is 3.41. The number of piperidine rings is 1. The van der Waals surface area contributed by atoms with E-state index >= 15 is 0 Å². The third-order valence-electron chi connectivity index (χ3n) is 12.8. The number of nitrogens with one attached hydrogen (secondary N) is 2. The van der Waals surface area contributed by atoms with E-state index in [1.54, 1.807) is 61.6 Å². The van der Waals surface area contributed by atoms with Crippen LogP contribution in [0, 0.1) is 0 Å². The maximum atomic E-state index is 12.0. The Balaban J connectivity index is 0.000000197. The number of carbonyl (C=O) groups is 3. The molecule has 0 aromatic carbocycles. The van der Waals surface area contributed by atoms with Crippen LogP contribution in [0.1, 0.15) is 75.2 Å². The topological polar surface area (TPSA) is 296 Å². The number of pyridine rings is 4. The number of methoxy groups -OCH3 is 1.